The van der Waals surface area contributed by atoms with Crippen LogP contribution in [0.1, 0.15) is 32.8 Å². The van der Waals surface area contributed by atoms with Gasteiger partial charge < -0.3 is 25.2 Å². The molecule has 0 aliphatic carbocycles. The summed E-state index contributed by atoms with van der Waals surface area (Å²) in [7, 11) is 0. The number of nitrogens with zero attached hydrogens (tertiary/aromatic N) is 3. The summed E-state index contributed by atoms with van der Waals surface area (Å²) in [6, 6.07) is 5.50. The average molecular weight is 547 g/mol. The Morgan fingerprint density at radius 1 is 1.29 bits per heavy atom. The molecule has 0 aromatic heterocycles. The molecule has 0 spiro atoms. The molecule has 2 aliphatic rings. The highest BCUT2D eigenvalue weighted by molar-refractivity contribution is 14.0. The van der Waals surface area contributed by atoms with Gasteiger partial charge in [-0.2, -0.15) is 0 Å². The molecule has 2 saturated heterocycles. The number of carbonyl (C=O) groups is 1. The molecule has 1 unspecified atom stereocenters. The fourth-order valence-electron chi connectivity index (χ4n) is 3.84. The number of amides is 1. The lowest BCUT2D eigenvalue weighted by atomic mass is 10.1. The molecule has 2 N–H and O–H groups in total. The lowest BCUT2D eigenvalue weighted by Crippen LogP contribution is -2.45. The molecule has 1 aromatic carbocycles. The quantitative estimate of drug-likeness (QED) is 0.326. The molecular weight excluding hydrogens is 512 g/mol. The summed E-state index contributed by atoms with van der Waals surface area (Å²) in [5, 5.41) is 6.66. The largest absolute Gasteiger partial charge is 0.378 e. The molecule has 9 heteroatoms. The standard InChI is InChI=1S/C22H34FN5O2.HI/c1-4-24-22(26-18-7-8-28(15-18)21(29)16(2)3)25-14-17-5-6-20(19(23)13-17)27-9-11-30-12-10-27;/h5-6,13,16,18H,4,7-12,14-15H2,1-3H3,(H2,24,25,26);1H. The minimum Gasteiger partial charge on any atom is -0.378 e. The summed E-state index contributed by atoms with van der Waals surface area (Å²) in [4.78, 5) is 20.7. The zero-order chi connectivity index (χ0) is 21.5. The van der Waals surface area contributed by atoms with Crippen molar-refractivity contribution in [2.45, 2.75) is 39.8 Å². The zero-order valence-electron chi connectivity index (χ0n) is 18.7. The van der Waals surface area contributed by atoms with E-state index in [1.807, 2.05) is 42.7 Å². The second-order valence-corrected chi connectivity index (χ2v) is 8.15. The van der Waals surface area contributed by atoms with E-state index in [4.69, 9.17) is 4.74 Å². The van der Waals surface area contributed by atoms with Crippen LogP contribution < -0.4 is 15.5 Å². The Bertz CT molecular complexity index is 755. The van der Waals surface area contributed by atoms with E-state index >= 15 is 0 Å². The number of halogens is 2. The molecule has 1 atom stereocenters. The molecule has 2 fully saturated rings. The van der Waals surface area contributed by atoms with Crippen LogP contribution >= 0.6 is 24.0 Å². The number of anilines is 1. The van der Waals surface area contributed by atoms with Crippen molar-refractivity contribution in [3.05, 3.63) is 29.6 Å². The number of aliphatic imine (C=N–C) groups is 1. The van der Waals surface area contributed by atoms with Crippen molar-refractivity contribution in [2.24, 2.45) is 10.9 Å². The second kappa shape index (κ2) is 12.4. The summed E-state index contributed by atoms with van der Waals surface area (Å²) < 4.78 is 20.0. The van der Waals surface area contributed by atoms with Crippen molar-refractivity contribution in [3.8, 4) is 0 Å². The maximum Gasteiger partial charge on any atom is 0.225 e. The van der Waals surface area contributed by atoms with Gasteiger partial charge in [0.15, 0.2) is 5.96 Å². The number of benzene rings is 1. The summed E-state index contributed by atoms with van der Waals surface area (Å²) in [6.45, 7) is 11.1. The monoisotopic (exact) mass is 547 g/mol. The summed E-state index contributed by atoms with van der Waals surface area (Å²) >= 11 is 0. The normalized spacial score (nSPS) is 19.4. The Labute approximate surface area is 201 Å². The first-order valence-corrected chi connectivity index (χ1v) is 10.9. The third kappa shape index (κ3) is 7.20. The lowest BCUT2D eigenvalue weighted by Gasteiger charge is -2.29. The van der Waals surface area contributed by atoms with E-state index in [9.17, 15) is 9.18 Å². The summed E-state index contributed by atoms with van der Waals surface area (Å²) in [5.74, 6) is 0.679. The van der Waals surface area contributed by atoms with Gasteiger partial charge in [-0.15, -0.1) is 24.0 Å². The van der Waals surface area contributed by atoms with Crippen LogP contribution in [-0.2, 0) is 16.1 Å². The summed E-state index contributed by atoms with van der Waals surface area (Å²) in [6.07, 6.45) is 0.895. The second-order valence-electron chi connectivity index (χ2n) is 8.15. The van der Waals surface area contributed by atoms with Gasteiger partial charge in [0, 0.05) is 44.7 Å². The Morgan fingerprint density at radius 2 is 2.03 bits per heavy atom. The SMILES string of the molecule is CCNC(=NCc1ccc(N2CCOCC2)c(F)c1)NC1CCN(C(=O)C(C)C)C1.I. The van der Waals surface area contributed by atoms with Gasteiger partial charge in [-0.25, -0.2) is 9.38 Å². The van der Waals surface area contributed by atoms with E-state index in [2.05, 4.69) is 15.6 Å². The van der Waals surface area contributed by atoms with Gasteiger partial charge in [0.1, 0.15) is 5.82 Å². The van der Waals surface area contributed by atoms with Crippen LogP contribution in [0, 0.1) is 11.7 Å². The smallest absolute Gasteiger partial charge is 0.225 e. The molecular formula is C22H35FIN5O2. The predicted molar refractivity (Wildman–Crippen MR) is 133 cm³/mol. The van der Waals surface area contributed by atoms with E-state index in [1.165, 1.54) is 0 Å². The molecule has 2 heterocycles. The molecule has 174 valence electrons. The minimum absolute atomic E-state index is 0. The van der Waals surface area contributed by atoms with Gasteiger partial charge in [0.2, 0.25) is 5.91 Å². The average Bonchev–Trinajstić information content (AvgIpc) is 3.20. The fraction of sp³-hybridized carbons (Fsp3) is 0.636. The van der Waals surface area contributed by atoms with Crippen LogP contribution in [0.3, 0.4) is 0 Å². The van der Waals surface area contributed by atoms with E-state index in [0.29, 0.717) is 51.0 Å². The van der Waals surface area contributed by atoms with Gasteiger partial charge in [0.05, 0.1) is 25.4 Å². The molecule has 1 aromatic rings. The lowest BCUT2D eigenvalue weighted by molar-refractivity contribution is -0.133. The van der Waals surface area contributed by atoms with E-state index < -0.39 is 0 Å². The van der Waals surface area contributed by atoms with E-state index in [-0.39, 0.29) is 47.7 Å². The number of likely N-dealkylation sites (tertiary alicyclic amines) is 1. The molecule has 0 radical (unpaired) electrons. The van der Waals surface area contributed by atoms with Crippen LogP contribution in [-0.4, -0.2) is 68.7 Å². The third-order valence-electron chi connectivity index (χ3n) is 5.46. The number of hydrogen-bond acceptors (Lipinski definition) is 4. The van der Waals surface area contributed by atoms with Crippen molar-refractivity contribution in [1.82, 2.24) is 15.5 Å². The molecule has 0 bridgehead atoms. The van der Waals surface area contributed by atoms with Gasteiger partial charge in [-0.3, -0.25) is 4.79 Å². The van der Waals surface area contributed by atoms with Crippen molar-refractivity contribution < 1.29 is 13.9 Å². The van der Waals surface area contributed by atoms with Gasteiger partial charge >= 0.3 is 0 Å². The van der Waals surface area contributed by atoms with Crippen LogP contribution in [0.5, 0.6) is 0 Å². The highest BCUT2D eigenvalue weighted by atomic mass is 127. The molecule has 1 amide bonds. The minimum atomic E-state index is -0.221. The van der Waals surface area contributed by atoms with Gasteiger partial charge in [-0.05, 0) is 31.0 Å². The number of ether oxygens (including phenoxy) is 1. The van der Waals surface area contributed by atoms with Crippen molar-refractivity contribution in [2.75, 3.05) is 50.8 Å². The Morgan fingerprint density at radius 3 is 2.68 bits per heavy atom. The highest BCUT2D eigenvalue weighted by Crippen LogP contribution is 2.22. The number of guanidine groups is 1. The third-order valence-corrected chi connectivity index (χ3v) is 5.46. The first-order valence-electron chi connectivity index (χ1n) is 10.9. The number of morpholine rings is 1. The van der Waals surface area contributed by atoms with Crippen molar-refractivity contribution in [3.63, 3.8) is 0 Å². The Kier molecular flexibility index (Phi) is 10.3. The molecule has 2 aliphatic heterocycles. The van der Waals surface area contributed by atoms with Crippen LogP contribution in [0.15, 0.2) is 23.2 Å². The number of hydrogen-bond donors (Lipinski definition) is 2. The topological polar surface area (TPSA) is 69.2 Å². The highest BCUT2D eigenvalue weighted by Gasteiger charge is 2.28. The van der Waals surface area contributed by atoms with Crippen LogP contribution in [0.4, 0.5) is 10.1 Å². The van der Waals surface area contributed by atoms with Gasteiger partial charge in [0.25, 0.3) is 0 Å². The maximum absolute atomic E-state index is 14.6. The number of nitrogens with one attached hydrogen (secondary N) is 2. The van der Waals surface area contributed by atoms with Crippen LogP contribution in [0.2, 0.25) is 0 Å². The molecule has 31 heavy (non-hydrogen) atoms. The Balaban J connectivity index is 0.00000341. The van der Waals surface area contributed by atoms with E-state index in [1.54, 1.807) is 6.07 Å². The van der Waals surface area contributed by atoms with Gasteiger partial charge in [-0.1, -0.05) is 19.9 Å². The van der Waals surface area contributed by atoms with E-state index in [0.717, 1.165) is 25.1 Å². The summed E-state index contributed by atoms with van der Waals surface area (Å²) in [5.41, 5.74) is 1.45. The number of rotatable bonds is 6. The van der Waals surface area contributed by atoms with Crippen molar-refractivity contribution >= 4 is 41.5 Å². The fourth-order valence-corrected chi connectivity index (χ4v) is 3.84. The Hall–Kier alpha value is -1.62. The first kappa shape index (κ1) is 25.6. The predicted octanol–water partition coefficient (Wildman–Crippen LogP) is 2.59. The van der Waals surface area contributed by atoms with Crippen LogP contribution in [0.25, 0.3) is 0 Å². The molecule has 0 saturated carbocycles. The molecule has 3 rings (SSSR count). The first-order chi connectivity index (χ1) is 14.5. The maximum atomic E-state index is 14.6. The number of carbonyl (C=O) groups excluding carboxylic acids is 1. The van der Waals surface area contributed by atoms with Crippen molar-refractivity contribution in [1.29, 1.82) is 0 Å². The molecule has 7 nitrogen and oxygen atoms in total. The zero-order valence-corrected chi connectivity index (χ0v) is 21.0.